The van der Waals surface area contributed by atoms with E-state index in [4.69, 9.17) is 4.74 Å². The van der Waals surface area contributed by atoms with E-state index in [1.165, 1.54) is 5.56 Å². The molecule has 0 aliphatic rings. The Labute approximate surface area is 114 Å². The van der Waals surface area contributed by atoms with Gasteiger partial charge in [0, 0.05) is 5.56 Å². The summed E-state index contributed by atoms with van der Waals surface area (Å²) in [5.41, 5.74) is 3.29. The van der Waals surface area contributed by atoms with E-state index < -0.39 is 6.10 Å². The second-order valence-corrected chi connectivity index (χ2v) is 4.67. The number of aryl methyl sites for hydroxylation is 1. The summed E-state index contributed by atoms with van der Waals surface area (Å²) in [6, 6.07) is 16.0. The lowest BCUT2D eigenvalue weighted by atomic mass is 10.1. The molecule has 0 aliphatic heterocycles. The Morgan fingerprint density at radius 1 is 1.00 bits per heavy atom. The quantitative estimate of drug-likeness (QED) is 0.879. The van der Waals surface area contributed by atoms with Crippen LogP contribution >= 0.6 is 0 Å². The molecule has 2 aromatic carbocycles. The lowest BCUT2D eigenvalue weighted by molar-refractivity contribution is 0.190. The van der Waals surface area contributed by atoms with Crippen LogP contribution in [-0.4, -0.2) is 5.11 Å². The van der Waals surface area contributed by atoms with Crippen LogP contribution in [0.1, 0.15) is 36.6 Å². The van der Waals surface area contributed by atoms with Crippen molar-refractivity contribution in [3.8, 4) is 5.75 Å². The molecule has 2 nitrogen and oxygen atoms in total. The van der Waals surface area contributed by atoms with E-state index in [1.807, 2.05) is 24.3 Å². The van der Waals surface area contributed by atoms with Crippen molar-refractivity contribution in [1.29, 1.82) is 0 Å². The Morgan fingerprint density at radius 3 is 2.26 bits per heavy atom. The Hall–Kier alpha value is -1.80. The number of hydrogen-bond donors (Lipinski definition) is 1. The molecule has 19 heavy (non-hydrogen) atoms. The average Bonchev–Trinajstić information content (AvgIpc) is 2.46. The maximum Gasteiger partial charge on any atom is 0.125 e. The highest BCUT2D eigenvalue weighted by molar-refractivity contribution is 5.35. The molecule has 0 aromatic heterocycles. The molecule has 0 radical (unpaired) electrons. The van der Waals surface area contributed by atoms with Crippen LogP contribution in [-0.2, 0) is 13.0 Å². The van der Waals surface area contributed by atoms with Crippen molar-refractivity contribution in [1.82, 2.24) is 0 Å². The minimum absolute atomic E-state index is 0.515. The number of aliphatic hydroxyl groups excluding tert-OH is 1. The minimum Gasteiger partial charge on any atom is -0.489 e. The molecular weight excluding hydrogens is 236 g/mol. The first-order valence-corrected chi connectivity index (χ1v) is 6.68. The van der Waals surface area contributed by atoms with Crippen molar-refractivity contribution in [3.63, 3.8) is 0 Å². The topological polar surface area (TPSA) is 29.5 Å². The molecule has 0 aliphatic carbocycles. The summed E-state index contributed by atoms with van der Waals surface area (Å²) in [6.07, 6.45) is 0.532. The van der Waals surface area contributed by atoms with Gasteiger partial charge in [-0.1, -0.05) is 49.4 Å². The first-order chi connectivity index (χ1) is 9.20. The van der Waals surface area contributed by atoms with E-state index >= 15 is 0 Å². The first-order valence-electron chi connectivity index (χ1n) is 6.68. The lowest BCUT2D eigenvalue weighted by Crippen LogP contribution is -2.00. The summed E-state index contributed by atoms with van der Waals surface area (Å²) in [4.78, 5) is 0. The van der Waals surface area contributed by atoms with Gasteiger partial charge in [0.05, 0.1) is 6.10 Å². The number of aliphatic hydroxyl groups is 1. The third-order valence-corrected chi connectivity index (χ3v) is 3.19. The molecule has 0 saturated carbocycles. The first kappa shape index (κ1) is 13.6. The number of ether oxygens (including phenoxy) is 1. The molecule has 1 atom stereocenters. The van der Waals surface area contributed by atoms with Crippen LogP contribution in [0.2, 0.25) is 0 Å². The zero-order chi connectivity index (χ0) is 13.7. The van der Waals surface area contributed by atoms with Crippen LogP contribution in [0.4, 0.5) is 0 Å². The zero-order valence-electron chi connectivity index (χ0n) is 11.5. The molecule has 2 heteroatoms. The summed E-state index contributed by atoms with van der Waals surface area (Å²) >= 11 is 0. The Kier molecular flexibility index (Phi) is 4.58. The molecule has 0 spiro atoms. The molecule has 0 amide bonds. The standard InChI is InChI=1S/C17H20O2/c1-3-14-8-10-15(11-9-14)12-19-17-7-5-4-6-16(17)13(2)18/h4-11,13,18H,3,12H2,1-2H3/t13-/m0/s1. The maximum atomic E-state index is 9.69. The molecule has 2 aromatic rings. The fourth-order valence-corrected chi connectivity index (χ4v) is 1.99. The average molecular weight is 256 g/mol. The van der Waals surface area contributed by atoms with Crippen molar-refractivity contribution >= 4 is 0 Å². The summed E-state index contributed by atoms with van der Waals surface area (Å²) in [5, 5.41) is 9.69. The predicted octanol–water partition coefficient (Wildman–Crippen LogP) is 3.88. The van der Waals surface area contributed by atoms with Gasteiger partial charge in [-0.25, -0.2) is 0 Å². The van der Waals surface area contributed by atoms with Gasteiger partial charge in [-0.15, -0.1) is 0 Å². The number of rotatable bonds is 5. The zero-order valence-corrected chi connectivity index (χ0v) is 11.5. The summed E-state index contributed by atoms with van der Waals surface area (Å²) in [5.74, 6) is 0.747. The van der Waals surface area contributed by atoms with Crippen LogP contribution in [0.5, 0.6) is 5.75 Å². The molecule has 0 saturated heterocycles. The number of para-hydroxylation sites is 1. The normalized spacial score (nSPS) is 12.2. The van der Waals surface area contributed by atoms with E-state index in [2.05, 4.69) is 31.2 Å². The van der Waals surface area contributed by atoms with Gasteiger partial charge in [0.2, 0.25) is 0 Å². The van der Waals surface area contributed by atoms with Gasteiger partial charge in [0.25, 0.3) is 0 Å². The van der Waals surface area contributed by atoms with Crippen molar-refractivity contribution in [3.05, 3.63) is 65.2 Å². The predicted molar refractivity (Wildman–Crippen MR) is 77.2 cm³/mol. The van der Waals surface area contributed by atoms with Gasteiger partial charge < -0.3 is 9.84 Å². The minimum atomic E-state index is -0.515. The Balaban J connectivity index is 2.05. The molecule has 0 unspecified atom stereocenters. The fraction of sp³-hybridized carbons (Fsp3) is 0.294. The van der Waals surface area contributed by atoms with Crippen LogP contribution in [0.25, 0.3) is 0 Å². The Morgan fingerprint density at radius 2 is 1.63 bits per heavy atom. The molecule has 2 rings (SSSR count). The van der Waals surface area contributed by atoms with Gasteiger partial charge in [0.15, 0.2) is 0 Å². The van der Waals surface area contributed by atoms with Crippen molar-refractivity contribution in [2.24, 2.45) is 0 Å². The van der Waals surface area contributed by atoms with E-state index in [1.54, 1.807) is 6.92 Å². The number of benzene rings is 2. The van der Waals surface area contributed by atoms with E-state index in [9.17, 15) is 5.11 Å². The third-order valence-electron chi connectivity index (χ3n) is 3.19. The van der Waals surface area contributed by atoms with Crippen molar-refractivity contribution in [2.75, 3.05) is 0 Å². The number of hydrogen-bond acceptors (Lipinski definition) is 2. The van der Waals surface area contributed by atoms with E-state index in [-0.39, 0.29) is 0 Å². The van der Waals surface area contributed by atoms with Crippen molar-refractivity contribution in [2.45, 2.75) is 33.0 Å². The lowest BCUT2D eigenvalue weighted by Gasteiger charge is -2.13. The summed E-state index contributed by atoms with van der Waals surface area (Å²) in [7, 11) is 0. The van der Waals surface area contributed by atoms with Gasteiger partial charge in [-0.2, -0.15) is 0 Å². The highest BCUT2D eigenvalue weighted by Gasteiger charge is 2.08. The van der Waals surface area contributed by atoms with Crippen LogP contribution < -0.4 is 4.74 Å². The van der Waals surface area contributed by atoms with E-state index in [0.29, 0.717) is 6.61 Å². The summed E-state index contributed by atoms with van der Waals surface area (Å²) < 4.78 is 5.80. The SMILES string of the molecule is CCc1ccc(COc2ccccc2[C@H](C)O)cc1. The Bertz CT molecular complexity index is 515. The molecule has 0 heterocycles. The van der Waals surface area contributed by atoms with Crippen LogP contribution in [0, 0.1) is 0 Å². The molecular formula is C17H20O2. The van der Waals surface area contributed by atoms with Gasteiger partial charge >= 0.3 is 0 Å². The molecule has 0 fully saturated rings. The van der Waals surface area contributed by atoms with Gasteiger partial charge in [-0.3, -0.25) is 0 Å². The molecule has 1 N–H and O–H groups in total. The van der Waals surface area contributed by atoms with Crippen LogP contribution in [0.15, 0.2) is 48.5 Å². The highest BCUT2D eigenvalue weighted by Crippen LogP contribution is 2.25. The van der Waals surface area contributed by atoms with Gasteiger partial charge in [-0.05, 0) is 30.5 Å². The second kappa shape index (κ2) is 6.39. The second-order valence-electron chi connectivity index (χ2n) is 4.67. The smallest absolute Gasteiger partial charge is 0.125 e. The van der Waals surface area contributed by atoms with Gasteiger partial charge in [0.1, 0.15) is 12.4 Å². The summed E-state index contributed by atoms with van der Waals surface area (Å²) in [6.45, 7) is 4.41. The molecule has 0 bridgehead atoms. The highest BCUT2D eigenvalue weighted by atomic mass is 16.5. The van der Waals surface area contributed by atoms with Crippen molar-refractivity contribution < 1.29 is 9.84 Å². The third kappa shape index (κ3) is 3.58. The van der Waals surface area contributed by atoms with E-state index in [0.717, 1.165) is 23.3 Å². The fourth-order valence-electron chi connectivity index (χ4n) is 1.99. The monoisotopic (exact) mass is 256 g/mol. The molecule has 100 valence electrons. The maximum absolute atomic E-state index is 9.69. The van der Waals surface area contributed by atoms with Crippen LogP contribution in [0.3, 0.4) is 0 Å². The largest absolute Gasteiger partial charge is 0.489 e.